The Hall–Kier alpha value is -2.87. The van der Waals surface area contributed by atoms with E-state index in [-0.39, 0.29) is 5.91 Å². The zero-order chi connectivity index (χ0) is 19.4. The van der Waals surface area contributed by atoms with Gasteiger partial charge in [0.25, 0.3) is 5.91 Å². The largest absolute Gasteiger partial charge is 0.322 e. The minimum atomic E-state index is -0.0341. The van der Waals surface area contributed by atoms with Crippen LogP contribution in [-0.2, 0) is 0 Å². The van der Waals surface area contributed by atoms with Crippen molar-refractivity contribution in [3.05, 3.63) is 89.5 Å². The van der Waals surface area contributed by atoms with Crippen molar-refractivity contribution < 1.29 is 4.79 Å². The van der Waals surface area contributed by atoms with Crippen LogP contribution in [0.5, 0.6) is 0 Å². The molecule has 1 amide bonds. The van der Waals surface area contributed by atoms with Crippen LogP contribution in [0, 0.1) is 0 Å². The number of rotatable bonds is 5. The molecule has 0 bridgehead atoms. The lowest BCUT2D eigenvalue weighted by Crippen LogP contribution is -2.18. The summed E-state index contributed by atoms with van der Waals surface area (Å²) in [6, 6.07) is 24.4. The van der Waals surface area contributed by atoms with Crippen molar-refractivity contribution in [2.45, 2.75) is 39.5 Å². The van der Waals surface area contributed by atoms with Gasteiger partial charge in [0, 0.05) is 11.3 Å². The maximum absolute atomic E-state index is 13.2. The Labute approximate surface area is 162 Å². The molecule has 0 aromatic heterocycles. The third-order valence-electron chi connectivity index (χ3n) is 4.83. The molecule has 0 saturated heterocycles. The molecule has 27 heavy (non-hydrogen) atoms. The first kappa shape index (κ1) is 18.9. The molecule has 2 heteroatoms. The number of hydrogen-bond acceptors (Lipinski definition) is 1. The highest BCUT2D eigenvalue weighted by Crippen LogP contribution is 2.29. The Morgan fingerprint density at radius 2 is 1.26 bits per heavy atom. The van der Waals surface area contributed by atoms with Crippen molar-refractivity contribution in [1.82, 2.24) is 0 Å². The number of anilines is 1. The quantitative estimate of drug-likeness (QED) is 0.531. The summed E-state index contributed by atoms with van der Waals surface area (Å²) in [5.74, 6) is 0.549. The van der Waals surface area contributed by atoms with Crippen LogP contribution in [0.4, 0.5) is 5.69 Å². The number of carbonyl (C=O) groups is 1. The number of amides is 1. The second-order valence-electron chi connectivity index (χ2n) is 7.52. The van der Waals surface area contributed by atoms with Gasteiger partial charge in [-0.15, -0.1) is 0 Å². The van der Waals surface area contributed by atoms with E-state index in [0.29, 0.717) is 11.8 Å². The summed E-state index contributed by atoms with van der Waals surface area (Å²) in [6.07, 6.45) is 0. The van der Waals surface area contributed by atoms with Crippen LogP contribution < -0.4 is 5.32 Å². The molecule has 3 aromatic carbocycles. The predicted octanol–water partition coefficient (Wildman–Crippen LogP) is 6.85. The molecule has 0 aliphatic carbocycles. The van der Waals surface area contributed by atoms with Crippen molar-refractivity contribution in [3.63, 3.8) is 0 Å². The van der Waals surface area contributed by atoms with Crippen LogP contribution in [0.1, 0.15) is 61.0 Å². The van der Waals surface area contributed by atoms with Gasteiger partial charge in [-0.3, -0.25) is 4.79 Å². The summed E-state index contributed by atoms with van der Waals surface area (Å²) in [5, 5.41) is 3.12. The van der Waals surface area contributed by atoms with Crippen LogP contribution in [0.3, 0.4) is 0 Å². The minimum Gasteiger partial charge on any atom is -0.322 e. The molecule has 0 heterocycles. The monoisotopic (exact) mass is 357 g/mol. The predicted molar refractivity (Wildman–Crippen MR) is 114 cm³/mol. The fraction of sp³-hybridized carbons (Fsp3) is 0.240. The van der Waals surface area contributed by atoms with E-state index in [1.165, 1.54) is 0 Å². The summed E-state index contributed by atoms with van der Waals surface area (Å²) in [4.78, 5) is 13.2. The minimum absolute atomic E-state index is 0.0341. The summed E-state index contributed by atoms with van der Waals surface area (Å²) >= 11 is 0. The van der Waals surface area contributed by atoms with E-state index < -0.39 is 0 Å². The zero-order valence-corrected chi connectivity index (χ0v) is 16.5. The average Bonchev–Trinajstić information content (AvgIpc) is 2.68. The van der Waals surface area contributed by atoms with Crippen molar-refractivity contribution in [1.29, 1.82) is 0 Å². The number of carbonyl (C=O) groups excluding carboxylic acids is 1. The van der Waals surface area contributed by atoms with Gasteiger partial charge < -0.3 is 5.32 Å². The van der Waals surface area contributed by atoms with Crippen molar-refractivity contribution >= 4 is 11.6 Å². The standard InChI is InChI=1S/C25H27NO/c1-17(2)22-14-9-15-23(18(3)4)24(22)25(27)26-21-13-8-12-20(16-21)19-10-6-5-7-11-19/h5-18H,1-4H3,(H,26,27). The molecule has 1 N–H and O–H groups in total. The molecule has 0 spiro atoms. The van der Waals surface area contributed by atoms with Gasteiger partial charge in [0.1, 0.15) is 0 Å². The second-order valence-corrected chi connectivity index (χ2v) is 7.52. The van der Waals surface area contributed by atoms with Gasteiger partial charge >= 0.3 is 0 Å². The molecule has 0 fully saturated rings. The third kappa shape index (κ3) is 4.28. The molecular formula is C25H27NO. The van der Waals surface area contributed by atoms with Crippen LogP contribution in [0.15, 0.2) is 72.8 Å². The van der Waals surface area contributed by atoms with Gasteiger partial charge in [-0.1, -0.05) is 88.4 Å². The van der Waals surface area contributed by atoms with Crippen LogP contribution in [0.25, 0.3) is 11.1 Å². The lowest BCUT2D eigenvalue weighted by Gasteiger charge is -2.19. The molecule has 2 nitrogen and oxygen atoms in total. The molecule has 0 saturated carbocycles. The first-order valence-electron chi connectivity index (χ1n) is 9.57. The summed E-state index contributed by atoms with van der Waals surface area (Å²) < 4.78 is 0. The molecule has 0 radical (unpaired) electrons. The second kappa shape index (κ2) is 8.22. The van der Waals surface area contributed by atoms with E-state index in [4.69, 9.17) is 0 Å². The smallest absolute Gasteiger partial charge is 0.256 e. The highest BCUT2D eigenvalue weighted by molar-refractivity contribution is 6.06. The number of benzene rings is 3. The molecule has 0 aliphatic rings. The highest BCUT2D eigenvalue weighted by atomic mass is 16.1. The van der Waals surface area contributed by atoms with Gasteiger partial charge in [-0.05, 0) is 46.2 Å². The molecule has 0 atom stereocenters. The van der Waals surface area contributed by atoms with E-state index in [1.807, 2.05) is 36.4 Å². The summed E-state index contributed by atoms with van der Waals surface area (Å²) in [5.41, 5.74) is 6.05. The van der Waals surface area contributed by atoms with Crippen LogP contribution >= 0.6 is 0 Å². The van der Waals surface area contributed by atoms with Crippen LogP contribution in [-0.4, -0.2) is 5.91 Å². The van der Waals surface area contributed by atoms with Gasteiger partial charge in [0.15, 0.2) is 0 Å². The van der Waals surface area contributed by atoms with Crippen molar-refractivity contribution in [2.24, 2.45) is 0 Å². The summed E-state index contributed by atoms with van der Waals surface area (Å²) in [6.45, 7) is 8.52. The van der Waals surface area contributed by atoms with E-state index in [2.05, 4.69) is 69.4 Å². The van der Waals surface area contributed by atoms with Gasteiger partial charge in [-0.25, -0.2) is 0 Å². The van der Waals surface area contributed by atoms with E-state index >= 15 is 0 Å². The topological polar surface area (TPSA) is 29.1 Å². The normalized spacial score (nSPS) is 11.0. The van der Waals surface area contributed by atoms with E-state index in [9.17, 15) is 4.79 Å². The molecule has 0 unspecified atom stereocenters. The van der Waals surface area contributed by atoms with Crippen molar-refractivity contribution in [2.75, 3.05) is 5.32 Å². The highest BCUT2D eigenvalue weighted by Gasteiger charge is 2.20. The Morgan fingerprint density at radius 1 is 0.704 bits per heavy atom. The first-order chi connectivity index (χ1) is 13.0. The van der Waals surface area contributed by atoms with Crippen molar-refractivity contribution in [3.8, 4) is 11.1 Å². The zero-order valence-electron chi connectivity index (χ0n) is 16.5. The van der Waals surface area contributed by atoms with Gasteiger partial charge in [0.2, 0.25) is 0 Å². The average molecular weight is 357 g/mol. The molecule has 138 valence electrons. The van der Waals surface area contributed by atoms with E-state index in [0.717, 1.165) is 33.5 Å². The molecule has 0 aliphatic heterocycles. The molecular weight excluding hydrogens is 330 g/mol. The number of nitrogens with one attached hydrogen (secondary N) is 1. The van der Waals surface area contributed by atoms with E-state index in [1.54, 1.807) is 0 Å². The lowest BCUT2D eigenvalue weighted by molar-refractivity contribution is 0.102. The maximum Gasteiger partial charge on any atom is 0.256 e. The van der Waals surface area contributed by atoms with Gasteiger partial charge in [0.05, 0.1) is 0 Å². The Kier molecular flexibility index (Phi) is 5.75. The Morgan fingerprint density at radius 3 is 1.85 bits per heavy atom. The SMILES string of the molecule is CC(C)c1cccc(C(C)C)c1C(=O)Nc1cccc(-c2ccccc2)c1. The van der Waals surface area contributed by atoms with Crippen LogP contribution in [0.2, 0.25) is 0 Å². The fourth-order valence-corrected chi connectivity index (χ4v) is 3.41. The third-order valence-corrected chi connectivity index (χ3v) is 4.83. The van der Waals surface area contributed by atoms with Gasteiger partial charge in [-0.2, -0.15) is 0 Å². The molecule has 3 aromatic rings. The Balaban J connectivity index is 1.95. The first-order valence-corrected chi connectivity index (χ1v) is 9.57. The molecule has 3 rings (SSSR count). The lowest BCUT2D eigenvalue weighted by atomic mass is 9.88. The summed E-state index contributed by atoms with van der Waals surface area (Å²) in [7, 11) is 0. The maximum atomic E-state index is 13.2. The Bertz CT molecular complexity index is 900. The fourth-order valence-electron chi connectivity index (χ4n) is 3.41. The number of hydrogen-bond donors (Lipinski definition) is 1.